The molecule has 0 unspecified atom stereocenters. The molecule has 166 valence electrons. The van der Waals surface area contributed by atoms with Gasteiger partial charge in [0, 0.05) is 17.7 Å². The number of hydrogen-bond donors (Lipinski definition) is 1. The molecule has 5 rings (SSSR count). The zero-order valence-corrected chi connectivity index (χ0v) is 17.7. The Labute approximate surface area is 191 Å². The van der Waals surface area contributed by atoms with E-state index >= 15 is 0 Å². The molecule has 2 aromatic heterocycles. The molecule has 3 aromatic rings. The summed E-state index contributed by atoms with van der Waals surface area (Å²) in [5.41, 5.74) is -0.300. The highest BCUT2D eigenvalue weighted by Crippen LogP contribution is 2.44. The summed E-state index contributed by atoms with van der Waals surface area (Å²) >= 11 is 0.855. The van der Waals surface area contributed by atoms with Crippen LogP contribution in [0.15, 0.2) is 23.2 Å². The second-order valence-electron chi connectivity index (χ2n) is 6.96. The van der Waals surface area contributed by atoms with Crippen molar-refractivity contribution >= 4 is 23.0 Å². The highest BCUT2D eigenvalue weighted by Gasteiger charge is 2.35. The van der Waals surface area contributed by atoms with E-state index in [4.69, 9.17) is 15.0 Å². The van der Waals surface area contributed by atoms with Crippen LogP contribution in [0, 0.1) is 11.6 Å². The first kappa shape index (κ1) is 16.5. The molecule has 4 heterocycles. The number of fused-ring (bicyclic) bond motifs is 5. The lowest BCUT2D eigenvalue weighted by molar-refractivity contribution is 0.0945. The number of carbonyl (C=O) groups is 1. The molecule has 2 aliphatic rings. The minimum atomic E-state index is -2.88. The number of benzene rings is 1. The van der Waals surface area contributed by atoms with Crippen LogP contribution in [-0.2, 0) is 11.3 Å². The number of aliphatic imine (C=N–C) groups is 1. The molecule has 8 nitrogen and oxygen atoms in total. The maximum atomic E-state index is 15.0. The van der Waals surface area contributed by atoms with Crippen LogP contribution in [0.25, 0.3) is 5.00 Å². The predicted octanol–water partition coefficient (Wildman–Crippen LogP) is 3.18. The van der Waals surface area contributed by atoms with Crippen LogP contribution in [0.4, 0.5) is 8.78 Å². The van der Waals surface area contributed by atoms with Crippen molar-refractivity contribution in [3.05, 3.63) is 58.2 Å². The number of amides is 1. The van der Waals surface area contributed by atoms with Gasteiger partial charge in [-0.3, -0.25) is 9.79 Å². The van der Waals surface area contributed by atoms with Crippen molar-refractivity contribution in [2.24, 2.45) is 4.99 Å². The molecule has 0 fully saturated rings. The van der Waals surface area contributed by atoms with Crippen LogP contribution in [0.5, 0.6) is 5.06 Å². The number of rotatable bonds is 3. The maximum absolute atomic E-state index is 15.0. The van der Waals surface area contributed by atoms with Crippen molar-refractivity contribution in [1.29, 1.82) is 0 Å². The van der Waals surface area contributed by atoms with Crippen LogP contribution in [0.1, 0.15) is 58.5 Å². The molecular formula is C21H19F2N5O3S. The number of nitrogens with zero attached hydrogens (tertiary/aromatic N) is 4. The third kappa shape index (κ3) is 3.28. The Kier molecular flexibility index (Phi) is 4.15. The van der Waals surface area contributed by atoms with E-state index in [0.29, 0.717) is 6.54 Å². The smallest absolute Gasteiger partial charge is 0.290 e. The Bertz CT molecular complexity index is 1400. The van der Waals surface area contributed by atoms with Crippen molar-refractivity contribution in [2.45, 2.75) is 26.5 Å². The van der Waals surface area contributed by atoms with E-state index < -0.39 is 48.9 Å². The van der Waals surface area contributed by atoms with Gasteiger partial charge < -0.3 is 14.8 Å². The molecule has 1 aromatic carbocycles. The summed E-state index contributed by atoms with van der Waals surface area (Å²) in [6.07, 6.45) is 0. The molecule has 1 amide bonds. The monoisotopic (exact) mass is 463 g/mol. The fraction of sp³-hybridized carbons (Fsp3) is 0.333. The Hall–Kier alpha value is -3.18. The normalized spacial score (nSPS) is 22.2. The summed E-state index contributed by atoms with van der Waals surface area (Å²) < 4.78 is 73.8. The van der Waals surface area contributed by atoms with Crippen LogP contribution < -0.4 is 10.1 Å². The summed E-state index contributed by atoms with van der Waals surface area (Å²) in [4.78, 5) is 21.3. The van der Waals surface area contributed by atoms with Gasteiger partial charge in [-0.2, -0.15) is 0 Å². The number of halogens is 2. The molecule has 1 atom stereocenters. The van der Waals surface area contributed by atoms with Crippen molar-refractivity contribution in [3.63, 3.8) is 0 Å². The van der Waals surface area contributed by atoms with E-state index in [1.54, 1.807) is 13.8 Å². The van der Waals surface area contributed by atoms with E-state index in [9.17, 15) is 13.6 Å². The lowest BCUT2D eigenvalue weighted by atomic mass is 9.99. The molecule has 0 bridgehead atoms. The topological polar surface area (TPSA) is 90.6 Å². The second kappa shape index (κ2) is 8.06. The lowest BCUT2D eigenvalue weighted by Gasteiger charge is -2.12. The third-order valence-corrected chi connectivity index (χ3v) is 6.01. The second-order valence-corrected chi connectivity index (χ2v) is 7.92. The lowest BCUT2D eigenvalue weighted by Crippen LogP contribution is -2.24. The summed E-state index contributed by atoms with van der Waals surface area (Å²) in [6.45, 7) is -2.48. The summed E-state index contributed by atoms with van der Waals surface area (Å²) in [7, 11) is 0. The number of thiophene rings is 1. The van der Waals surface area contributed by atoms with Gasteiger partial charge in [0.1, 0.15) is 29.2 Å². The Balaban J connectivity index is 1.80. The van der Waals surface area contributed by atoms with E-state index in [1.807, 2.05) is 0 Å². The standard InChI is InChI=1S/C21H19F2N5O3S/c1-3-24-19(29)17-26-18-10(2)25-16(15-12(22)5-4-6-13(15)23)14-11-9-30-7-8-31-21(11)32-20(14)28(18)27-17/h4-6,10H,3,7-9H2,1-2H3,(H,24,29)/t10-/m0/s1/i7D2,8D2. The number of hydrogen-bond acceptors (Lipinski definition) is 7. The van der Waals surface area contributed by atoms with Gasteiger partial charge in [-0.25, -0.2) is 18.4 Å². The van der Waals surface area contributed by atoms with E-state index in [2.05, 4.69) is 20.4 Å². The largest absolute Gasteiger partial charge is 0.481 e. The first-order chi connectivity index (χ1) is 16.9. The number of nitrogens with one attached hydrogen (secondary N) is 1. The summed E-state index contributed by atoms with van der Waals surface area (Å²) in [5.74, 6) is -2.24. The number of aromatic nitrogens is 3. The third-order valence-electron chi connectivity index (χ3n) is 4.92. The SMILES string of the molecule is [2H]C1([2H])OCc2c(sc3c2C(c2c(F)cccc2F)=N[C@@H](C)c2nc(C(=O)NCC)nn2-3)OC1([2H])[2H]. The van der Waals surface area contributed by atoms with Gasteiger partial charge in [0.2, 0.25) is 5.82 Å². The van der Waals surface area contributed by atoms with Gasteiger partial charge in [-0.15, -0.1) is 5.10 Å². The average molecular weight is 464 g/mol. The summed E-state index contributed by atoms with van der Waals surface area (Å²) in [5, 5.41) is 7.05. The molecule has 11 heteroatoms. The van der Waals surface area contributed by atoms with Gasteiger partial charge in [-0.1, -0.05) is 17.4 Å². The molecule has 1 N–H and O–H groups in total. The van der Waals surface area contributed by atoms with Crippen molar-refractivity contribution in [1.82, 2.24) is 20.1 Å². The van der Waals surface area contributed by atoms with Gasteiger partial charge >= 0.3 is 0 Å². The highest BCUT2D eigenvalue weighted by atomic mass is 32.1. The first-order valence-corrected chi connectivity index (χ1v) is 10.5. The molecule has 32 heavy (non-hydrogen) atoms. The minimum Gasteiger partial charge on any atom is -0.481 e. The Morgan fingerprint density at radius 3 is 2.88 bits per heavy atom. The van der Waals surface area contributed by atoms with Gasteiger partial charge in [-0.05, 0) is 26.0 Å². The maximum Gasteiger partial charge on any atom is 0.290 e. The predicted molar refractivity (Wildman–Crippen MR) is 113 cm³/mol. The minimum absolute atomic E-state index is 0.0774. The number of carbonyl (C=O) groups excluding carboxylic acids is 1. The van der Waals surface area contributed by atoms with E-state index in [0.717, 1.165) is 23.5 Å². The van der Waals surface area contributed by atoms with Crippen LogP contribution in [-0.4, -0.2) is 46.0 Å². The van der Waals surface area contributed by atoms with Crippen molar-refractivity contribution < 1.29 is 28.5 Å². The van der Waals surface area contributed by atoms with Crippen LogP contribution in [0.3, 0.4) is 0 Å². The molecule has 0 saturated carbocycles. The Morgan fingerprint density at radius 2 is 2.12 bits per heavy atom. The highest BCUT2D eigenvalue weighted by molar-refractivity contribution is 7.17. The zero-order valence-electron chi connectivity index (χ0n) is 20.9. The van der Waals surface area contributed by atoms with E-state index in [1.165, 1.54) is 10.7 Å². The van der Waals surface area contributed by atoms with Crippen molar-refractivity contribution in [2.75, 3.05) is 19.7 Å². The van der Waals surface area contributed by atoms with Crippen LogP contribution in [0.2, 0.25) is 0 Å². The number of ether oxygens (including phenoxy) is 2. The molecular weight excluding hydrogens is 440 g/mol. The zero-order chi connectivity index (χ0) is 26.0. The quantitative estimate of drug-likeness (QED) is 0.644. The fourth-order valence-electron chi connectivity index (χ4n) is 3.55. The molecule has 0 saturated heterocycles. The molecule has 2 aliphatic heterocycles. The molecule has 0 spiro atoms. The molecule has 0 radical (unpaired) electrons. The first-order valence-electron chi connectivity index (χ1n) is 11.7. The van der Waals surface area contributed by atoms with Gasteiger partial charge in [0.25, 0.3) is 5.91 Å². The van der Waals surface area contributed by atoms with Gasteiger partial charge in [0.05, 0.1) is 29.9 Å². The summed E-state index contributed by atoms with van der Waals surface area (Å²) in [6, 6.07) is 2.57. The molecule has 0 aliphatic carbocycles. The Morgan fingerprint density at radius 1 is 1.34 bits per heavy atom. The average Bonchev–Trinajstić information content (AvgIpc) is 3.33. The van der Waals surface area contributed by atoms with Crippen molar-refractivity contribution in [3.8, 4) is 10.1 Å². The van der Waals surface area contributed by atoms with E-state index in [-0.39, 0.29) is 38.6 Å². The van der Waals surface area contributed by atoms with Crippen LogP contribution >= 0.6 is 11.3 Å². The van der Waals surface area contributed by atoms with Gasteiger partial charge in [0.15, 0.2) is 10.9 Å². The fourth-order valence-corrected chi connectivity index (χ4v) is 4.64.